The molecule has 1 saturated heterocycles. The van der Waals surface area contributed by atoms with E-state index in [9.17, 15) is 13.2 Å². The smallest absolute Gasteiger partial charge is 0.307 e. The Balaban J connectivity index is 2.07. The zero-order valence-electron chi connectivity index (χ0n) is 12.2. The van der Waals surface area contributed by atoms with Crippen LogP contribution in [-0.2, 0) is 14.8 Å². The zero-order valence-corrected chi connectivity index (χ0v) is 13.0. The van der Waals surface area contributed by atoms with Gasteiger partial charge in [-0.2, -0.15) is 0 Å². The highest BCUT2D eigenvalue weighted by Crippen LogP contribution is 2.33. The number of sulfonamides is 1. The average Bonchev–Trinajstić information content (AvgIpc) is 2.99. The third-order valence-electron chi connectivity index (χ3n) is 4.73. The van der Waals surface area contributed by atoms with Crippen LogP contribution in [0, 0.1) is 5.92 Å². The maximum Gasteiger partial charge on any atom is 0.307 e. The van der Waals surface area contributed by atoms with Crippen LogP contribution in [0.5, 0.6) is 0 Å². The molecule has 1 aliphatic heterocycles. The molecular weight excluding hydrogens is 280 g/mol. The molecular formula is C13H24N2O4S. The normalized spacial score (nSPS) is 32.0. The van der Waals surface area contributed by atoms with Crippen LogP contribution in [0.1, 0.15) is 32.1 Å². The molecule has 0 radical (unpaired) electrons. The lowest BCUT2D eigenvalue weighted by Crippen LogP contribution is -2.45. The van der Waals surface area contributed by atoms with E-state index in [1.807, 2.05) is 7.05 Å². The van der Waals surface area contributed by atoms with Gasteiger partial charge in [-0.15, -0.1) is 0 Å². The summed E-state index contributed by atoms with van der Waals surface area (Å²) in [5.74, 6) is -1.73. The van der Waals surface area contributed by atoms with Crippen molar-refractivity contribution in [2.75, 3.05) is 27.2 Å². The largest absolute Gasteiger partial charge is 0.481 e. The Labute approximate surface area is 120 Å². The third-order valence-corrected chi connectivity index (χ3v) is 7.07. The Kier molecular flexibility index (Phi) is 4.71. The fraction of sp³-hybridized carbons (Fsp3) is 0.923. The van der Waals surface area contributed by atoms with Crippen molar-refractivity contribution < 1.29 is 18.3 Å². The highest BCUT2D eigenvalue weighted by Gasteiger charge is 2.44. The Morgan fingerprint density at radius 2 is 2.00 bits per heavy atom. The molecule has 0 aromatic heterocycles. The minimum atomic E-state index is -3.52. The fourth-order valence-electron chi connectivity index (χ4n) is 3.41. The number of carboxylic acid groups (broad SMARTS) is 1. The van der Waals surface area contributed by atoms with Crippen LogP contribution in [0.15, 0.2) is 0 Å². The van der Waals surface area contributed by atoms with E-state index in [0.717, 1.165) is 19.4 Å². The van der Waals surface area contributed by atoms with Gasteiger partial charge in [-0.05, 0) is 39.3 Å². The number of likely N-dealkylation sites (tertiary alicyclic amines) is 1. The number of likely N-dealkylation sites (N-methyl/N-ethyl adjacent to an activating group) is 2. The summed E-state index contributed by atoms with van der Waals surface area (Å²) in [5.41, 5.74) is 0. The number of nitrogens with zero attached hydrogens (tertiary/aromatic N) is 2. The van der Waals surface area contributed by atoms with E-state index in [-0.39, 0.29) is 6.04 Å². The monoisotopic (exact) mass is 304 g/mol. The standard InChI is InChI=1S/C13H24N2O4S/c1-14-8-4-5-10(14)9-15(2)20(18,19)12-7-3-6-11(12)13(16)17/h10-12H,3-9H2,1-2H3,(H,16,17). The van der Waals surface area contributed by atoms with Crippen molar-refractivity contribution >= 4 is 16.0 Å². The van der Waals surface area contributed by atoms with Gasteiger partial charge in [-0.3, -0.25) is 4.79 Å². The average molecular weight is 304 g/mol. The van der Waals surface area contributed by atoms with Crippen LogP contribution < -0.4 is 0 Å². The number of rotatable bonds is 5. The van der Waals surface area contributed by atoms with Crippen LogP contribution >= 0.6 is 0 Å². The summed E-state index contributed by atoms with van der Waals surface area (Å²) in [5, 5.41) is 8.41. The molecule has 2 fully saturated rings. The highest BCUT2D eigenvalue weighted by atomic mass is 32.2. The Morgan fingerprint density at radius 3 is 2.55 bits per heavy atom. The second-order valence-electron chi connectivity index (χ2n) is 6.02. The van der Waals surface area contributed by atoms with Gasteiger partial charge in [0.15, 0.2) is 0 Å². The van der Waals surface area contributed by atoms with E-state index < -0.39 is 27.2 Å². The van der Waals surface area contributed by atoms with Crippen LogP contribution in [0.4, 0.5) is 0 Å². The van der Waals surface area contributed by atoms with Gasteiger partial charge in [0, 0.05) is 19.6 Å². The van der Waals surface area contributed by atoms with Gasteiger partial charge in [0.2, 0.25) is 10.0 Å². The summed E-state index contributed by atoms with van der Waals surface area (Å²) in [6.45, 7) is 1.46. The molecule has 7 heteroatoms. The first kappa shape index (κ1) is 15.7. The van der Waals surface area contributed by atoms with Crippen molar-refractivity contribution in [3.8, 4) is 0 Å². The Bertz CT molecular complexity index is 465. The summed E-state index contributed by atoms with van der Waals surface area (Å²) in [6.07, 6.45) is 3.71. The van der Waals surface area contributed by atoms with Gasteiger partial charge in [0.05, 0.1) is 11.2 Å². The molecule has 2 aliphatic rings. The lowest BCUT2D eigenvalue weighted by molar-refractivity contribution is -0.141. The molecule has 6 nitrogen and oxygen atoms in total. The number of carbonyl (C=O) groups is 1. The predicted molar refractivity (Wildman–Crippen MR) is 76.0 cm³/mol. The van der Waals surface area contributed by atoms with E-state index in [4.69, 9.17) is 5.11 Å². The van der Waals surface area contributed by atoms with Gasteiger partial charge in [0.25, 0.3) is 0 Å². The van der Waals surface area contributed by atoms with Crippen molar-refractivity contribution in [3.05, 3.63) is 0 Å². The molecule has 116 valence electrons. The molecule has 0 amide bonds. The molecule has 0 aromatic carbocycles. The summed E-state index contributed by atoms with van der Waals surface area (Å²) in [4.78, 5) is 13.4. The van der Waals surface area contributed by atoms with E-state index in [0.29, 0.717) is 25.8 Å². The minimum absolute atomic E-state index is 0.249. The van der Waals surface area contributed by atoms with E-state index in [1.165, 1.54) is 4.31 Å². The quantitative estimate of drug-likeness (QED) is 0.804. The molecule has 3 unspecified atom stereocenters. The second-order valence-corrected chi connectivity index (χ2v) is 8.27. The molecule has 1 N–H and O–H groups in total. The summed E-state index contributed by atoms with van der Waals surface area (Å²) >= 11 is 0. The van der Waals surface area contributed by atoms with Crippen LogP contribution in [0.3, 0.4) is 0 Å². The zero-order chi connectivity index (χ0) is 14.9. The van der Waals surface area contributed by atoms with Crippen LogP contribution in [0.25, 0.3) is 0 Å². The van der Waals surface area contributed by atoms with E-state index >= 15 is 0 Å². The van der Waals surface area contributed by atoms with Crippen molar-refractivity contribution in [1.82, 2.24) is 9.21 Å². The molecule has 1 heterocycles. The van der Waals surface area contributed by atoms with E-state index in [2.05, 4.69) is 4.90 Å². The first-order chi connectivity index (χ1) is 9.34. The molecule has 1 saturated carbocycles. The lowest BCUT2D eigenvalue weighted by atomic mass is 10.1. The Hall–Kier alpha value is -0.660. The van der Waals surface area contributed by atoms with E-state index in [1.54, 1.807) is 7.05 Å². The molecule has 1 aliphatic carbocycles. The van der Waals surface area contributed by atoms with Crippen molar-refractivity contribution in [1.29, 1.82) is 0 Å². The van der Waals surface area contributed by atoms with Gasteiger partial charge < -0.3 is 10.0 Å². The number of carboxylic acids is 1. The van der Waals surface area contributed by atoms with Gasteiger partial charge >= 0.3 is 5.97 Å². The Morgan fingerprint density at radius 1 is 1.30 bits per heavy atom. The summed E-state index contributed by atoms with van der Waals surface area (Å²) in [7, 11) is 0.0718. The predicted octanol–water partition coefficient (Wildman–Crippen LogP) is 0.596. The second kappa shape index (κ2) is 5.99. The number of hydrogen-bond donors (Lipinski definition) is 1. The van der Waals surface area contributed by atoms with Crippen LogP contribution in [-0.4, -0.2) is 67.2 Å². The number of aliphatic carboxylic acids is 1. The number of hydrogen-bond acceptors (Lipinski definition) is 4. The lowest BCUT2D eigenvalue weighted by Gasteiger charge is -2.28. The third kappa shape index (κ3) is 2.99. The molecule has 20 heavy (non-hydrogen) atoms. The topological polar surface area (TPSA) is 77.9 Å². The summed E-state index contributed by atoms with van der Waals surface area (Å²) < 4.78 is 26.6. The SMILES string of the molecule is CN1CCCC1CN(C)S(=O)(=O)C1CCCC1C(=O)O. The van der Waals surface area contributed by atoms with Crippen LogP contribution in [0.2, 0.25) is 0 Å². The molecule has 0 spiro atoms. The summed E-state index contributed by atoms with van der Waals surface area (Å²) in [6, 6.07) is 0.249. The molecule has 3 atom stereocenters. The first-order valence-corrected chi connectivity index (χ1v) is 8.72. The van der Waals surface area contributed by atoms with Crippen molar-refractivity contribution in [2.45, 2.75) is 43.4 Å². The fourth-order valence-corrected chi connectivity index (χ4v) is 5.38. The first-order valence-electron chi connectivity index (χ1n) is 7.22. The van der Waals surface area contributed by atoms with Crippen molar-refractivity contribution in [2.24, 2.45) is 5.92 Å². The molecule has 2 rings (SSSR count). The molecule has 0 aromatic rings. The van der Waals surface area contributed by atoms with Crippen molar-refractivity contribution in [3.63, 3.8) is 0 Å². The molecule has 0 bridgehead atoms. The highest BCUT2D eigenvalue weighted by molar-refractivity contribution is 7.89. The minimum Gasteiger partial charge on any atom is -0.481 e. The van der Waals surface area contributed by atoms with Gasteiger partial charge in [-0.1, -0.05) is 6.42 Å². The van der Waals surface area contributed by atoms with Gasteiger partial charge in [0.1, 0.15) is 0 Å². The maximum atomic E-state index is 12.6. The van der Waals surface area contributed by atoms with Gasteiger partial charge in [-0.25, -0.2) is 12.7 Å². The maximum absolute atomic E-state index is 12.6.